The van der Waals surface area contributed by atoms with Crippen LogP contribution in [0.5, 0.6) is 0 Å². The molecule has 0 amide bonds. The molecule has 3 rings (SSSR count). The highest BCUT2D eigenvalue weighted by molar-refractivity contribution is 5.28. The van der Waals surface area contributed by atoms with Crippen LogP contribution in [0.25, 0.3) is 0 Å². The van der Waals surface area contributed by atoms with Crippen molar-refractivity contribution in [1.82, 2.24) is 10.2 Å². The van der Waals surface area contributed by atoms with Crippen LogP contribution in [0.2, 0.25) is 0 Å². The fraction of sp³-hybridized carbons (Fsp3) is 0.217. The molecule has 25 heavy (non-hydrogen) atoms. The molecule has 0 aromatic heterocycles. The van der Waals surface area contributed by atoms with Crippen molar-refractivity contribution in [2.24, 2.45) is 0 Å². The maximum absolute atomic E-state index is 3.79. The van der Waals surface area contributed by atoms with Gasteiger partial charge in [-0.15, -0.1) is 0 Å². The fourth-order valence-corrected chi connectivity index (χ4v) is 3.33. The number of likely N-dealkylation sites (N-methyl/N-ethyl adjacent to an activating group) is 1. The topological polar surface area (TPSA) is 15.3 Å². The summed E-state index contributed by atoms with van der Waals surface area (Å²) in [7, 11) is 4.30. The summed E-state index contributed by atoms with van der Waals surface area (Å²) in [5, 5.41) is 3.79. The van der Waals surface area contributed by atoms with Crippen LogP contribution in [0.3, 0.4) is 0 Å². The van der Waals surface area contributed by atoms with Crippen molar-refractivity contribution in [2.45, 2.75) is 18.6 Å². The van der Waals surface area contributed by atoms with Gasteiger partial charge in [-0.05, 0) is 30.8 Å². The zero-order valence-corrected chi connectivity index (χ0v) is 15.0. The highest BCUT2D eigenvalue weighted by atomic mass is 15.1. The van der Waals surface area contributed by atoms with Crippen molar-refractivity contribution < 1.29 is 0 Å². The van der Waals surface area contributed by atoms with Crippen molar-refractivity contribution in [2.75, 3.05) is 14.1 Å². The summed E-state index contributed by atoms with van der Waals surface area (Å²) in [6.45, 7) is 0.845. The van der Waals surface area contributed by atoms with Crippen LogP contribution in [0.1, 0.15) is 28.8 Å². The molecule has 0 spiro atoms. The Morgan fingerprint density at radius 1 is 0.680 bits per heavy atom. The summed E-state index contributed by atoms with van der Waals surface area (Å²) in [6, 6.07) is 32.5. The van der Waals surface area contributed by atoms with Crippen LogP contribution >= 0.6 is 0 Å². The molecule has 0 saturated heterocycles. The molecule has 0 saturated carbocycles. The minimum atomic E-state index is 0.207. The average molecular weight is 330 g/mol. The predicted molar refractivity (Wildman–Crippen MR) is 105 cm³/mol. The molecule has 2 unspecified atom stereocenters. The first-order valence-corrected chi connectivity index (χ1v) is 8.79. The van der Waals surface area contributed by atoms with E-state index in [1.807, 2.05) is 0 Å². The van der Waals surface area contributed by atoms with E-state index in [1.54, 1.807) is 0 Å². The summed E-state index contributed by atoms with van der Waals surface area (Å²) in [5.41, 5.74) is 3.93. The lowest BCUT2D eigenvalue weighted by Crippen LogP contribution is -2.34. The largest absolute Gasteiger partial charge is 0.304 e. The predicted octanol–water partition coefficient (Wildman–Crippen LogP) is 4.82. The number of benzene rings is 3. The van der Waals surface area contributed by atoms with Crippen LogP contribution < -0.4 is 5.32 Å². The molecule has 0 aliphatic heterocycles. The van der Waals surface area contributed by atoms with Crippen LogP contribution in [0, 0.1) is 0 Å². The van der Waals surface area contributed by atoms with E-state index in [0.29, 0.717) is 0 Å². The van der Waals surface area contributed by atoms with Gasteiger partial charge in [0.05, 0.1) is 12.1 Å². The van der Waals surface area contributed by atoms with Crippen molar-refractivity contribution in [1.29, 1.82) is 0 Å². The summed E-state index contributed by atoms with van der Waals surface area (Å²) < 4.78 is 0. The smallest absolute Gasteiger partial charge is 0.0538 e. The van der Waals surface area contributed by atoms with E-state index in [0.717, 1.165) is 6.54 Å². The molecule has 3 aromatic rings. The van der Waals surface area contributed by atoms with Gasteiger partial charge in [0.2, 0.25) is 0 Å². The summed E-state index contributed by atoms with van der Waals surface area (Å²) in [6.07, 6.45) is 0. The van der Waals surface area contributed by atoms with E-state index in [1.165, 1.54) is 16.7 Å². The highest BCUT2D eigenvalue weighted by Crippen LogP contribution is 2.32. The van der Waals surface area contributed by atoms with Crippen LogP contribution in [-0.4, -0.2) is 19.0 Å². The number of rotatable bonds is 7. The Morgan fingerprint density at radius 2 is 1.16 bits per heavy atom. The first-order chi connectivity index (χ1) is 12.3. The number of nitrogens with one attached hydrogen (secondary N) is 1. The Labute approximate surface area is 151 Å². The molecular formula is C23H26N2. The van der Waals surface area contributed by atoms with Gasteiger partial charge in [0.15, 0.2) is 0 Å². The average Bonchev–Trinajstić information content (AvgIpc) is 2.67. The van der Waals surface area contributed by atoms with Gasteiger partial charge in [0.1, 0.15) is 0 Å². The number of hydrogen-bond donors (Lipinski definition) is 1. The normalized spacial score (nSPS) is 13.6. The first kappa shape index (κ1) is 17.4. The molecule has 2 atom stereocenters. The second-order valence-electron chi connectivity index (χ2n) is 6.57. The van der Waals surface area contributed by atoms with E-state index in [9.17, 15) is 0 Å². The van der Waals surface area contributed by atoms with Crippen molar-refractivity contribution in [3.05, 3.63) is 108 Å². The van der Waals surface area contributed by atoms with Gasteiger partial charge < -0.3 is 10.2 Å². The molecule has 2 nitrogen and oxygen atoms in total. The maximum Gasteiger partial charge on any atom is 0.0538 e. The van der Waals surface area contributed by atoms with Gasteiger partial charge in [-0.3, -0.25) is 0 Å². The molecule has 0 fully saturated rings. The molecule has 128 valence electrons. The maximum atomic E-state index is 3.79. The standard InChI is InChI=1S/C23H26N2/c1-25(2)23(21-16-10-5-11-17-21)22(20-14-8-4-9-15-20)24-18-19-12-6-3-7-13-19/h3-17,22-24H,18H2,1-2H3. The molecule has 0 heterocycles. The molecule has 0 aliphatic rings. The third-order valence-electron chi connectivity index (χ3n) is 4.54. The lowest BCUT2D eigenvalue weighted by atomic mass is 9.92. The second kappa shape index (κ2) is 8.61. The Morgan fingerprint density at radius 3 is 1.68 bits per heavy atom. The SMILES string of the molecule is CN(C)C(c1ccccc1)C(NCc1ccccc1)c1ccccc1. The Bertz CT molecular complexity index is 739. The van der Waals surface area contributed by atoms with Gasteiger partial charge in [0, 0.05) is 6.54 Å². The van der Waals surface area contributed by atoms with E-state index in [4.69, 9.17) is 0 Å². The van der Waals surface area contributed by atoms with Crippen LogP contribution in [0.4, 0.5) is 0 Å². The summed E-state index contributed by atoms with van der Waals surface area (Å²) in [4.78, 5) is 2.30. The molecule has 0 aliphatic carbocycles. The van der Waals surface area contributed by atoms with Crippen molar-refractivity contribution in [3.8, 4) is 0 Å². The van der Waals surface area contributed by atoms with Crippen molar-refractivity contribution in [3.63, 3.8) is 0 Å². The fourth-order valence-electron chi connectivity index (χ4n) is 3.33. The molecular weight excluding hydrogens is 304 g/mol. The number of hydrogen-bond acceptors (Lipinski definition) is 2. The Kier molecular flexibility index (Phi) is 5.99. The Balaban J connectivity index is 1.91. The minimum Gasteiger partial charge on any atom is -0.304 e. The summed E-state index contributed by atoms with van der Waals surface area (Å²) in [5.74, 6) is 0. The lowest BCUT2D eigenvalue weighted by Gasteiger charge is -2.34. The summed E-state index contributed by atoms with van der Waals surface area (Å²) >= 11 is 0. The van der Waals surface area contributed by atoms with E-state index >= 15 is 0 Å². The minimum absolute atomic E-state index is 0.207. The first-order valence-electron chi connectivity index (χ1n) is 8.79. The second-order valence-corrected chi connectivity index (χ2v) is 6.57. The third kappa shape index (κ3) is 4.56. The number of nitrogens with zero attached hydrogens (tertiary/aromatic N) is 1. The van der Waals surface area contributed by atoms with Gasteiger partial charge in [-0.2, -0.15) is 0 Å². The zero-order valence-electron chi connectivity index (χ0n) is 15.0. The van der Waals surface area contributed by atoms with Gasteiger partial charge in [0.25, 0.3) is 0 Å². The van der Waals surface area contributed by atoms with Crippen LogP contribution in [-0.2, 0) is 6.54 Å². The van der Waals surface area contributed by atoms with E-state index < -0.39 is 0 Å². The molecule has 0 radical (unpaired) electrons. The third-order valence-corrected chi connectivity index (χ3v) is 4.54. The van der Waals surface area contributed by atoms with Gasteiger partial charge in [-0.25, -0.2) is 0 Å². The van der Waals surface area contributed by atoms with E-state index in [2.05, 4.69) is 115 Å². The molecule has 3 aromatic carbocycles. The highest BCUT2D eigenvalue weighted by Gasteiger charge is 2.26. The van der Waals surface area contributed by atoms with E-state index in [-0.39, 0.29) is 12.1 Å². The zero-order chi connectivity index (χ0) is 17.5. The molecule has 2 heteroatoms. The lowest BCUT2D eigenvalue weighted by molar-refractivity contribution is 0.230. The van der Waals surface area contributed by atoms with Gasteiger partial charge >= 0.3 is 0 Å². The Hall–Kier alpha value is -2.42. The monoisotopic (exact) mass is 330 g/mol. The van der Waals surface area contributed by atoms with Crippen LogP contribution in [0.15, 0.2) is 91.0 Å². The van der Waals surface area contributed by atoms with Gasteiger partial charge in [-0.1, -0.05) is 91.0 Å². The quantitative estimate of drug-likeness (QED) is 0.668. The van der Waals surface area contributed by atoms with Crippen molar-refractivity contribution >= 4 is 0 Å². The molecule has 1 N–H and O–H groups in total. The molecule has 0 bridgehead atoms.